The number of benzene rings is 2. The van der Waals surface area contributed by atoms with Gasteiger partial charge in [-0.15, -0.1) is 15.3 Å². The molecule has 5 rings (SSSR count). The van der Waals surface area contributed by atoms with E-state index in [1.807, 2.05) is 0 Å². The Hall–Kier alpha value is -4.44. The maximum Gasteiger partial charge on any atom is 0.471 e. The van der Waals surface area contributed by atoms with E-state index in [-0.39, 0.29) is 42.6 Å². The molecule has 16 heteroatoms. The van der Waals surface area contributed by atoms with Crippen LogP contribution in [0.15, 0.2) is 53.4 Å². The molecule has 41 heavy (non-hydrogen) atoms. The fourth-order valence-electron chi connectivity index (χ4n) is 4.33. The highest BCUT2D eigenvalue weighted by atomic mass is 32.2. The van der Waals surface area contributed by atoms with E-state index in [0.29, 0.717) is 39.0 Å². The first-order valence-electron chi connectivity index (χ1n) is 12.1. The number of carbonyl (C=O) groups excluding carboxylic acids is 1. The first-order valence-corrected chi connectivity index (χ1v) is 13.6. The summed E-state index contributed by atoms with van der Waals surface area (Å²) in [7, 11) is -0.965. The molecule has 1 N–H and O–H groups in total. The van der Waals surface area contributed by atoms with Crippen molar-refractivity contribution in [2.45, 2.75) is 17.5 Å². The molecule has 0 saturated heterocycles. The third kappa shape index (κ3) is 5.60. The summed E-state index contributed by atoms with van der Waals surface area (Å²) >= 11 is 0. The molecule has 0 spiro atoms. The van der Waals surface area contributed by atoms with Crippen LogP contribution in [0.1, 0.15) is 5.56 Å². The molecule has 0 atom stereocenters. The summed E-state index contributed by atoms with van der Waals surface area (Å²) in [5.74, 6) is -0.347. The molecule has 0 aliphatic carbocycles. The average Bonchev–Trinajstić information content (AvgIpc) is 3.57. The van der Waals surface area contributed by atoms with Gasteiger partial charge in [-0.2, -0.15) is 17.7 Å². The SMILES string of the molecule is COc1ccc(-c2nnc3ccc(OCCNS(=O)(=O)c4ccc5c(c4)CCN5C(=O)C(F)(F)F)nn23)cc1OC. The quantitative estimate of drug-likeness (QED) is 0.291. The summed E-state index contributed by atoms with van der Waals surface area (Å²) in [6.07, 6.45) is -4.92. The van der Waals surface area contributed by atoms with E-state index < -0.39 is 22.1 Å². The van der Waals surface area contributed by atoms with Gasteiger partial charge < -0.3 is 19.1 Å². The fourth-order valence-corrected chi connectivity index (χ4v) is 5.39. The van der Waals surface area contributed by atoms with Crippen LogP contribution in [0.4, 0.5) is 18.9 Å². The number of ether oxygens (including phenoxy) is 3. The Morgan fingerprint density at radius 3 is 2.54 bits per heavy atom. The van der Waals surface area contributed by atoms with Gasteiger partial charge in [0.1, 0.15) is 6.61 Å². The van der Waals surface area contributed by atoms with Gasteiger partial charge in [0, 0.05) is 30.4 Å². The fraction of sp³-hybridized carbons (Fsp3) is 0.280. The molecule has 0 radical (unpaired) electrons. The second kappa shape index (κ2) is 10.9. The summed E-state index contributed by atoms with van der Waals surface area (Å²) in [6, 6.07) is 12.0. The second-order valence-electron chi connectivity index (χ2n) is 8.78. The zero-order valence-corrected chi connectivity index (χ0v) is 22.5. The van der Waals surface area contributed by atoms with Gasteiger partial charge in [0.25, 0.3) is 0 Å². The van der Waals surface area contributed by atoms with Gasteiger partial charge in [-0.05, 0) is 54.4 Å². The molecule has 3 heterocycles. The summed E-state index contributed by atoms with van der Waals surface area (Å²) in [5, 5.41) is 12.7. The van der Waals surface area contributed by atoms with Gasteiger partial charge in [-0.1, -0.05) is 0 Å². The predicted octanol–water partition coefficient (Wildman–Crippen LogP) is 2.62. The third-order valence-corrected chi connectivity index (χ3v) is 7.73. The van der Waals surface area contributed by atoms with Crippen molar-refractivity contribution in [3.63, 3.8) is 0 Å². The lowest BCUT2D eigenvalue weighted by molar-refractivity contribution is -0.170. The van der Waals surface area contributed by atoms with Crippen molar-refractivity contribution < 1.29 is 40.6 Å². The predicted molar refractivity (Wildman–Crippen MR) is 139 cm³/mol. The third-order valence-electron chi connectivity index (χ3n) is 6.27. The summed E-state index contributed by atoms with van der Waals surface area (Å²) in [4.78, 5) is 12.1. The molecule has 0 fully saturated rings. The van der Waals surface area contributed by atoms with E-state index in [1.54, 1.807) is 30.3 Å². The Bertz CT molecular complexity index is 1730. The number of amides is 1. The first kappa shape index (κ1) is 28.1. The first-order chi connectivity index (χ1) is 19.5. The van der Waals surface area contributed by atoms with Crippen LogP contribution in [0, 0.1) is 0 Å². The largest absolute Gasteiger partial charge is 0.493 e. The highest BCUT2D eigenvalue weighted by molar-refractivity contribution is 7.89. The van der Waals surface area contributed by atoms with Crippen LogP contribution in [0.5, 0.6) is 17.4 Å². The standard InChI is InChI=1S/C25H23F3N6O6S/c1-38-19-6-3-16(14-20(19)39-2)23-31-30-21-7-8-22(32-34(21)23)40-12-10-29-41(36,37)17-4-5-18-15(13-17)9-11-33(18)24(35)25(26,27)28/h3-8,13-14,29H,9-12H2,1-2H3. The zero-order chi connectivity index (χ0) is 29.4. The van der Waals surface area contributed by atoms with Crippen LogP contribution >= 0.6 is 0 Å². The van der Waals surface area contributed by atoms with Gasteiger partial charge in [0.05, 0.1) is 19.1 Å². The number of anilines is 1. The Morgan fingerprint density at radius 2 is 1.80 bits per heavy atom. The van der Waals surface area contributed by atoms with Gasteiger partial charge in [-0.3, -0.25) is 4.79 Å². The minimum atomic E-state index is -5.02. The number of hydrogen-bond acceptors (Lipinski definition) is 9. The van der Waals surface area contributed by atoms with Crippen LogP contribution in [0.25, 0.3) is 17.0 Å². The van der Waals surface area contributed by atoms with Crippen molar-refractivity contribution in [1.82, 2.24) is 24.5 Å². The van der Waals surface area contributed by atoms with Crippen molar-refractivity contribution in [3.8, 4) is 28.8 Å². The van der Waals surface area contributed by atoms with Crippen LogP contribution in [0.3, 0.4) is 0 Å². The van der Waals surface area contributed by atoms with Crippen LogP contribution in [-0.2, 0) is 21.2 Å². The maximum absolute atomic E-state index is 12.8. The van der Waals surface area contributed by atoms with E-state index in [4.69, 9.17) is 14.2 Å². The molecule has 1 amide bonds. The van der Waals surface area contributed by atoms with E-state index in [2.05, 4.69) is 20.0 Å². The lowest BCUT2D eigenvalue weighted by Crippen LogP contribution is -2.40. The summed E-state index contributed by atoms with van der Waals surface area (Å²) in [5.41, 5.74) is 1.48. The number of alkyl halides is 3. The number of methoxy groups -OCH3 is 2. The number of nitrogens with zero attached hydrogens (tertiary/aromatic N) is 5. The topological polar surface area (TPSA) is 137 Å². The van der Waals surface area contributed by atoms with E-state index in [0.717, 1.165) is 6.07 Å². The molecular weight excluding hydrogens is 569 g/mol. The van der Waals surface area contributed by atoms with Crippen molar-refractivity contribution >= 4 is 27.3 Å². The van der Waals surface area contributed by atoms with Gasteiger partial charge in [-0.25, -0.2) is 13.1 Å². The molecule has 2 aromatic heterocycles. The Balaban J connectivity index is 1.24. The van der Waals surface area contributed by atoms with Gasteiger partial charge >= 0.3 is 12.1 Å². The molecular formula is C25H23F3N6O6S. The van der Waals surface area contributed by atoms with Gasteiger partial charge in [0.15, 0.2) is 23.0 Å². The highest BCUT2D eigenvalue weighted by Crippen LogP contribution is 2.34. The normalized spacial score (nSPS) is 13.3. The molecule has 0 saturated carbocycles. The molecule has 1 aliphatic heterocycles. The molecule has 4 aromatic rings. The number of carbonyl (C=O) groups is 1. The minimum absolute atomic E-state index is 0.0394. The van der Waals surface area contributed by atoms with Crippen LogP contribution in [-0.4, -0.2) is 74.2 Å². The average molecular weight is 593 g/mol. The number of halogens is 3. The molecule has 1 aliphatic rings. The Labute approximate surface area is 231 Å². The minimum Gasteiger partial charge on any atom is -0.493 e. The number of sulfonamides is 1. The van der Waals surface area contributed by atoms with E-state index >= 15 is 0 Å². The van der Waals surface area contributed by atoms with Crippen molar-refractivity contribution in [2.24, 2.45) is 0 Å². The van der Waals surface area contributed by atoms with Crippen LogP contribution in [0.2, 0.25) is 0 Å². The monoisotopic (exact) mass is 592 g/mol. The van der Waals surface area contributed by atoms with Crippen molar-refractivity contribution in [3.05, 3.63) is 54.1 Å². The van der Waals surface area contributed by atoms with Gasteiger partial charge in [0.2, 0.25) is 15.9 Å². The second-order valence-corrected chi connectivity index (χ2v) is 10.5. The maximum atomic E-state index is 12.8. The number of fused-ring (bicyclic) bond motifs is 2. The smallest absolute Gasteiger partial charge is 0.471 e. The van der Waals surface area contributed by atoms with Crippen molar-refractivity contribution in [1.29, 1.82) is 0 Å². The zero-order valence-electron chi connectivity index (χ0n) is 21.7. The van der Waals surface area contributed by atoms with Crippen LogP contribution < -0.4 is 23.8 Å². The number of aromatic nitrogens is 4. The lowest BCUT2D eigenvalue weighted by atomic mass is 10.2. The summed E-state index contributed by atoms with van der Waals surface area (Å²) in [6.45, 7) is -0.386. The highest BCUT2D eigenvalue weighted by Gasteiger charge is 2.44. The van der Waals surface area contributed by atoms with Crippen molar-refractivity contribution in [2.75, 3.05) is 38.8 Å². The number of nitrogens with one attached hydrogen (secondary N) is 1. The number of hydrogen-bond donors (Lipinski definition) is 1. The molecule has 216 valence electrons. The van der Waals surface area contributed by atoms with E-state index in [1.165, 1.54) is 30.9 Å². The Kier molecular flexibility index (Phi) is 7.44. The molecule has 0 bridgehead atoms. The number of rotatable bonds is 9. The molecule has 12 nitrogen and oxygen atoms in total. The Morgan fingerprint density at radius 1 is 1.02 bits per heavy atom. The molecule has 2 aromatic carbocycles. The van der Waals surface area contributed by atoms with E-state index in [9.17, 15) is 26.4 Å². The summed E-state index contributed by atoms with van der Waals surface area (Å²) < 4.78 is 84.2. The molecule has 0 unspecified atom stereocenters. The lowest BCUT2D eigenvalue weighted by Gasteiger charge is -2.19.